The Morgan fingerprint density at radius 2 is 1.23 bits per heavy atom. The minimum Gasteiger partial charge on any atom is -0.433 e. The van der Waals surface area contributed by atoms with Crippen LogP contribution in [0.3, 0.4) is 0 Å². The standard InChI is InChI=1S/C8H20Cl2OSi2/c1-5-12(6-2,7-3)11-13(9,10)8-4/h5-8H2,1-4H3. The zero-order valence-corrected chi connectivity index (χ0v) is 12.5. The molecule has 0 aliphatic heterocycles. The van der Waals surface area contributed by atoms with Crippen LogP contribution < -0.4 is 0 Å². The second-order valence-electron chi connectivity index (χ2n) is 3.34. The number of hydrogen-bond acceptors (Lipinski definition) is 1. The molecule has 1 nitrogen and oxygen atoms in total. The average molecular weight is 259 g/mol. The van der Waals surface area contributed by atoms with Crippen LogP contribution in [-0.4, -0.2) is 15.3 Å². The van der Waals surface area contributed by atoms with Gasteiger partial charge in [-0.25, -0.2) is 0 Å². The molecular formula is C8H20Cl2OSi2. The first-order valence-electron chi connectivity index (χ1n) is 5.03. The van der Waals surface area contributed by atoms with Gasteiger partial charge in [0.25, 0.3) is 0 Å². The van der Waals surface area contributed by atoms with Gasteiger partial charge in [0.2, 0.25) is 0 Å². The van der Waals surface area contributed by atoms with E-state index in [4.69, 9.17) is 26.3 Å². The predicted molar refractivity (Wildman–Crippen MR) is 66.2 cm³/mol. The first-order valence-corrected chi connectivity index (χ1v) is 11.7. The second kappa shape index (κ2) is 5.76. The van der Waals surface area contributed by atoms with E-state index < -0.39 is 15.3 Å². The summed E-state index contributed by atoms with van der Waals surface area (Å²) in [7, 11) is -1.58. The van der Waals surface area contributed by atoms with E-state index in [9.17, 15) is 0 Å². The molecule has 0 aromatic rings. The minimum atomic E-state index is -2.37. The number of rotatable bonds is 6. The molecule has 80 valence electrons. The Morgan fingerprint density at radius 3 is 1.46 bits per heavy atom. The van der Waals surface area contributed by atoms with Crippen LogP contribution in [0.2, 0.25) is 24.2 Å². The Hall–Kier alpha value is 0.974. The van der Waals surface area contributed by atoms with Gasteiger partial charge in [-0.2, -0.15) is 0 Å². The van der Waals surface area contributed by atoms with Crippen LogP contribution in [0.25, 0.3) is 0 Å². The van der Waals surface area contributed by atoms with Crippen molar-refractivity contribution in [2.75, 3.05) is 0 Å². The van der Waals surface area contributed by atoms with Gasteiger partial charge in [-0.05, 0) is 24.2 Å². The summed E-state index contributed by atoms with van der Waals surface area (Å²) in [4.78, 5) is 0. The molecule has 13 heavy (non-hydrogen) atoms. The topological polar surface area (TPSA) is 9.23 Å². The Bertz CT molecular complexity index is 141. The van der Waals surface area contributed by atoms with Gasteiger partial charge >= 0.3 is 6.94 Å². The molecule has 0 aromatic carbocycles. The monoisotopic (exact) mass is 258 g/mol. The molecule has 0 amide bonds. The molecule has 0 unspecified atom stereocenters. The predicted octanol–water partition coefficient (Wildman–Crippen LogP) is 4.44. The van der Waals surface area contributed by atoms with E-state index in [-0.39, 0.29) is 0 Å². The van der Waals surface area contributed by atoms with E-state index in [0.29, 0.717) is 0 Å². The molecule has 0 radical (unpaired) electrons. The molecule has 0 aliphatic rings. The van der Waals surface area contributed by atoms with Crippen molar-refractivity contribution in [3.05, 3.63) is 0 Å². The lowest BCUT2D eigenvalue weighted by Gasteiger charge is -2.33. The number of hydrogen-bond donors (Lipinski definition) is 0. The molecule has 0 N–H and O–H groups in total. The lowest BCUT2D eigenvalue weighted by molar-refractivity contribution is 0.551. The zero-order valence-electron chi connectivity index (χ0n) is 8.99. The van der Waals surface area contributed by atoms with Gasteiger partial charge in [0.15, 0.2) is 8.32 Å². The van der Waals surface area contributed by atoms with E-state index in [1.54, 1.807) is 0 Å². The quantitative estimate of drug-likeness (QED) is 0.506. The van der Waals surface area contributed by atoms with E-state index in [1.807, 2.05) is 6.92 Å². The highest BCUT2D eigenvalue weighted by molar-refractivity contribution is 7.43. The highest BCUT2D eigenvalue weighted by Gasteiger charge is 2.39. The van der Waals surface area contributed by atoms with Gasteiger partial charge in [-0.3, -0.25) is 0 Å². The Balaban J connectivity index is 4.41. The van der Waals surface area contributed by atoms with Crippen LogP contribution in [-0.2, 0) is 4.12 Å². The zero-order chi connectivity index (χ0) is 10.5. The van der Waals surface area contributed by atoms with Crippen molar-refractivity contribution in [3.63, 3.8) is 0 Å². The van der Waals surface area contributed by atoms with Gasteiger partial charge < -0.3 is 4.12 Å². The second-order valence-corrected chi connectivity index (χ2v) is 14.9. The fourth-order valence-corrected chi connectivity index (χ4v) is 10.6. The molecule has 0 fully saturated rings. The summed E-state index contributed by atoms with van der Waals surface area (Å²) in [6, 6.07) is 4.14. The van der Waals surface area contributed by atoms with Crippen molar-refractivity contribution < 1.29 is 4.12 Å². The van der Waals surface area contributed by atoms with Crippen molar-refractivity contribution in [2.24, 2.45) is 0 Å². The van der Waals surface area contributed by atoms with Crippen molar-refractivity contribution in [1.29, 1.82) is 0 Å². The minimum absolute atomic E-state index is 0.783. The van der Waals surface area contributed by atoms with E-state index in [2.05, 4.69) is 20.8 Å². The SMILES string of the molecule is CC[Si](Cl)(Cl)O[Si](CC)(CC)CC. The third kappa shape index (κ3) is 4.34. The van der Waals surface area contributed by atoms with Crippen LogP contribution in [0.5, 0.6) is 0 Å². The highest BCUT2D eigenvalue weighted by atomic mass is 35.7. The average Bonchev–Trinajstić information content (AvgIpc) is 2.14. The fourth-order valence-electron chi connectivity index (χ4n) is 1.36. The molecule has 0 spiro atoms. The smallest absolute Gasteiger partial charge is 0.379 e. The van der Waals surface area contributed by atoms with Gasteiger partial charge in [-0.1, -0.05) is 27.7 Å². The molecule has 0 saturated carbocycles. The fraction of sp³-hybridized carbons (Fsp3) is 1.00. The van der Waals surface area contributed by atoms with Gasteiger partial charge in [0, 0.05) is 0 Å². The summed E-state index contributed by atoms with van der Waals surface area (Å²) in [5, 5.41) is 0. The van der Waals surface area contributed by atoms with E-state index >= 15 is 0 Å². The maximum absolute atomic E-state index is 6.16. The Labute approximate surface area is 93.4 Å². The molecule has 5 heteroatoms. The third-order valence-corrected chi connectivity index (χ3v) is 13.3. The summed E-state index contributed by atoms with van der Waals surface area (Å²) < 4.78 is 6.03. The molecule has 0 aromatic heterocycles. The van der Waals surface area contributed by atoms with Gasteiger partial charge in [0.1, 0.15) is 0 Å². The molecule has 0 bridgehead atoms. The van der Waals surface area contributed by atoms with Gasteiger partial charge in [-0.15, -0.1) is 22.2 Å². The molecule has 0 heterocycles. The van der Waals surface area contributed by atoms with Crippen molar-refractivity contribution in [2.45, 2.75) is 51.9 Å². The van der Waals surface area contributed by atoms with Crippen molar-refractivity contribution >= 4 is 37.4 Å². The van der Waals surface area contributed by atoms with Crippen molar-refractivity contribution in [1.82, 2.24) is 0 Å². The largest absolute Gasteiger partial charge is 0.433 e. The molecule has 0 rings (SSSR count). The van der Waals surface area contributed by atoms with E-state index in [0.717, 1.165) is 24.2 Å². The lowest BCUT2D eigenvalue weighted by atomic mass is 10.9. The van der Waals surface area contributed by atoms with Crippen LogP contribution in [0.4, 0.5) is 0 Å². The van der Waals surface area contributed by atoms with Crippen LogP contribution >= 0.6 is 22.2 Å². The van der Waals surface area contributed by atoms with Crippen LogP contribution in [0.15, 0.2) is 0 Å². The number of halogens is 2. The summed E-state index contributed by atoms with van der Waals surface area (Å²) in [5.41, 5.74) is 0. The maximum atomic E-state index is 6.16. The summed E-state index contributed by atoms with van der Waals surface area (Å²) in [6.45, 7) is 6.20. The maximum Gasteiger partial charge on any atom is 0.379 e. The first-order chi connectivity index (χ1) is 5.95. The summed E-state index contributed by atoms with van der Waals surface area (Å²) in [6.07, 6.45) is 0. The van der Waals surface area contributed by atoms with Crippen LogP contribution in [0.1, 0.15) is 27.7 Å². The van der Waals surface area contributed by atoms with Gasteiger partial charge in [0.05, 0.1) is 0 Å². The lowest BCUT2D eigenvalue weighted by Crippen LogP contribution is -2.44. The van der Waals surface area contributed by atoms with Crippen LogP contribution in [0, 0.1) is 0 Å². The highest BCUT2D eigenvalue weighted by Crippen LogP contribution is 2.31. The molecule has 0 saturated heterocycles. The Kier molecular flexibility index (Phi) is 6.19. The Morgan fingerprint density at radius 1 is 0.846 bits per heavy atom. The third-order valence-electron chi connectivity index (χ3n) is 2.71. The normalized spacial score (nSPS) is 13.4. The summed E-state index contributed by atoms with van der Waals surface area (Å²) in [5.74, 6) is 0. The molecule has 0 atom stereocenters. The summed E-state index contributed by atoms with van der Waals surface area (Å²) >= 11 is 12.3. The van der Waals surface area contributed by atoms with E-state index in [1.165, 1.54) is 0 Å². The molecular weight excluding hydrogens is 239 g/mol. The van der Waals surface area contributed by atoms with Crippen molar-refractivity contribution in [3.8, 4) is 0 Å². The first kappa shape index (κ1) is 14.0. The molecule has 0 aliphatic carbocycles.